The molecule has 0 unspecified atom stereocenters. The van der Waals surface area contributed by atoms with Crippen molar-refractivity contribution < 1.29 is 19.0 Å². The van der Waals surface area contributed by atoms with Gasteiger partial charge in [-0.05, 0) is 59.3 Å². The number of fused-ring (bicyclic) bond motifs is 2. The first-order valence-corrected chi connectivity index (χ1v) is 12.5. The van der Waals surface area contributed by atoms with Crippen molar-refractivity contribution in [3.05, 3.63) is 59.4 Å². The van der Waals surface area contributed by atoms with Crippen LogP contribution in [0.1, 0.15) is 37.1 Å². The van der Waals surface area contributed by atoms with Gasteiger partial charge < -0.3 is 24.8 Å². The van der Waals surface area contributed by atoms with E-state index in [1.54, 1.807) is 21.3 Å². The normalized spacial score (nSPS) is 10.4. The van der Waals surface area contributed by atoms with E-state index < -0.39 is 0 Å². The maximum absolute atomic E-state index is 11.3. The summed E-state index contributed by atoms with van der Waals surface area (Å²) >= 11 is 0. The van der Waals surface area contributed by atoms with Crippen LogP contribution < -0.4 is 24.8 Å². The molecule has 0 fully saturated rings. The highest BCUT2D eigenvalue weighted by Crippen LogP contribution is 2.36. The van der Waals surface area contributed by atoms with Gasteiger partial charge in [-0.1, -0.05) is 13.3 Å². The molecule has 0 spiro atoms. The molecule has 4 rings (SSSR count). The van der Waals surface area contributed by atoms with E-state index in [-0.39, 0.29) is 30.7 Å². The minimum absolute atomic E-state index is 0. The van der Waals surface area contributed by atoms with Crippen LogP contribution in [-0.4, -0.2) is 50.3 Å². The van der Waals surface area contributed by atoms with Crippen molar-refractivity contribution in [1.82, 2.24) is 15.3 Å². The number of hydrogen-bond donors (Lipinski definition) is 2. The maximum atomic E-state index is 11.3. The fourth-order valence-corrected chi connectivity index (χ4v) is 4.49. The Kier molecular flexibility index (Phi) is 11.9. The van der Waals surface area contributed by atoms with Crippen LogP contribution in [0.2, 0.25) is 0 Å². The first-order valence-electron chi connectivity index (χ1n) is 12.5. The highest BCUT2D eigenvalue weighted by Gasteiger charge is 2.16. The number of amides is 1. The van der Waals surface area contributed by atoms with Crippen molar-refractivity contribution in [2.75, 3.05) is 39.7 Å². The molecule has 2 aromatic heterocycles. The van der Waals surface area contributed by atoms with Gasteiger partial charge in [-0.15, -0.1) is 24.8 Å². The lowest BCUT2D eigenvalue weighted by Gasteiger charge is -2.17. The summed E-state index contributed by atoms with van der Waals surface area (Å²) in [5, 5.41) is 9.35. The molecule has 4 aromatic rings. The van der Waals surface area contributed by atoms with E-state index in [9.17, 15) is 4.79 Å². The molecule has 0 aliphatic heterocycles. The first kappa shape index (κ1) is 31.7. The molecular formula is C29H36Cl2N4O4. The molecule has 8 nitrogen and oxygen atoms in total. The van der Waals surface area contributed by atoms with Crippen molar-refractivity contribution in [1.29, 1.82) is 0 Å². The van der Waals surface area contributed by atoms with Gasteiger partial charge in [0.25, 0.3) is 0 Å². The molecule has 39 heavy (non-hydrogen) atoms. The van der Waals surface area contributed by atoms with Gasteiger partial charge in [0.05, 0.1) is 26.8 Å². The van der Waals surface area contributed by atoms with E-state index in [4.69, 9.17) is 24.2 Å². The zero-order valence-electron chi connectivity index (χ0n) is 22.9. The number of carbonyl (C=O) groups is 1. The number of hydrogen-bond acceptors (Lipinski definition) is 7. The number of anilines is 1. The van der Waals surface area contributed by atoms with Crippen molar-refractivity contribution in [2.45, 2.75) is 33.1 Å². The highest BCUT2D eigenvalue weighted by molar-refractivity contribution is 5.91. The summed E-state index contributed by atoms with van der Waals surface area (Å²) < 4.78 is 16.6. The lowest BCUT2D eigenvalue weighted by Crippen LogP contribution is -2.26. The number of aromatic nitrogens is 2. The van der Waals surface area contributed by atoms with Crippen LogP contribution in [0.25, 0.3) is 21.7 Å². The number of aryl methyl sites for hydroxylation is 1. The SMILES string of the molecule is CCCc1ncc(Cc2cc3cc(OC)ccc3nc2NCCNC(C)=O)c2cc(OC)c(OC)cc12.Cl.Cl. The fourth-order valence-electron chi connectivity index (χ4n) is 4.49. The molecule has 0 bridgehead atoms. The zero-order valence-corrected chi connectivity index (χ0v) is 24.6. The van der Waals surface area contributed by atoms with Gasteiger partial charge in [-0.2, -0.15) is 0 Å². The van der Waals surface area contributed by atoms with Gasteiger partial charge in [-0.25, -0.2) is 4.98 Å². The topological polar surface area (TPSA) is 94.6 Å². The number of pyridine rings is 2. The van der Waals surface area contributed by atoms with Gasteiger partial charge >= 0.3 is 0 Å². The summed E-state index contributed by atoms with van der Waals surface area (Å²) in [7, 11) is 4.95. The summed E-state index contributed by atoms with van der Waals surface area (Å²) in [5.74, 6) is 2.86. The molecule has 0 aliphatic rings. The Morgan fingerprint density at radius 2 is 1.62 bits per heavy atom. The highest BCUT2D eigenvalue weighted by atomic mass is 35.5. The Balaban J connectivity index is 0.00000267. The number of halogens is 2. The van der Waals surface area contributed by atoms with Gasteiger partial charge in [0.15, 0.2) is 11.5 Å². The number of nitrogens with zero attached hydrogens (tertiary/aromatic N) is 2. The van der Waals surface area contributed by atoms with E-state index in [2.05, 4.69) is 23.6 Å². The Bertz CT molecular complexity index is 1430. The Hall–Kier alpha value is -3.49. The number of rotatable bonds is 11. The maximum Gasteiger partial charge on any atom is 0.216 e. The van der Waals surface area contributed by atoms with Gasteiger partial charge in [0, 0.05) is 49.1 Å². The second kappa shape index (κ2) is 14.6. The molecule has 2 aromatic carbocycles. The monoisotopic (exact) mass is 574 g/mol. The number of carbonyl (C=O) groups excluding carboxylic acids is 1. The average molecular weight is 576 g/mol. The largest absolute Gasteiger partial charge is 0.497 e. The van der Waals surface area contributed by atoms with Gasteiger partial charge in [-0.3, -0.25) is 9.78 Å². The lowest BCUT2D eigenvalue weighted by molar-refractivity contribution is -0.118. The van der Waals surface area contributed by atoms with Crippen LogP contribution in [0.5, 0.6) is 17.2 Å². The average Bonchev–Trinajstić information content (AvgIpc) is 2.91. The summed E-state index contributed by atoms with van der Waals surface area (Å²) in [5.41, 5.74) is 3.98. The standard InChI is InChI=1S/C29H34N4O4.2ClH/c1-6-7-26-24-16-28(37-5)27(36-4)15-23(24)21(17-32-26)13-20-12-19-14-22(35-3)8-9-25(19)33-29(20)31-11-10-30-18(2)34;;/h8-9,12,14-17H,6-7,10-11,13H2,1-5H3,(H,30,34)(H,31,33);2*1H. The van der Waals surface area contributed by atoms with Crippen LogP contribution in [0.3, 0.4) is 0 Å². The summed E-state index contributed by atoms with van der Waals surface area (Å²) in [6.07, 6.45) is 4.43. The Morgan fingerprint density at radius 3 is 2.26 bits per heavy atom. The molecule has 2 heterocycles. The van der Waals surface area contributed by atoms with Crippen LogP contribution in [0, 0.1) is 0 Å². The molecule has 1 amide bonds. The van der Waals surface area contributed by atoms with Crippen molar-refractivity contribution >= 4 is 58.2 Å². The molecule has 10 heteroatoms. The zero-order chi connectivity index (χ0) is 26.4. The second-order valence-corrected chi connectivity index (χ2v) is 8.87. The van der Waals surface area contributed by atoms with Crippen LogP contribution in [0.15, 0.2) is 42.6 Å². The third-order valence-corrected chi connectivity index (χ3v) is 6.32. The predicted octanol–water partition coefficient (Wildman–Crippen LogP) is 5.74. The summed E-state index contributed by atoms with van der Waals surface area (Å²) in [4.78, 5) is 21.0. The van der Waals surface area contributed by atoms with Crippen molar-refractivity contribution in [2.24, 2.45) is 0 Å². The van der Waals surface area contributed by atoms with Crippen molar-refractivity contribution in [3.8, 4) is 17.2 Å². The van der Waals surface area contributed by atoms with E-state index >= 15 is 0 Å². The second-order valence-electron chi connectivity index (χ2n) is 8.87. The Labute approximate surface area is 241 Å². The first-order chi connectivity index (χ1) is 18.0. The van der Waals surface area contributed by atoms with E-state index in [1.165, 1.54) is 6.92 Å². The summed E-state index contributed by atoms with van der Waals surface area (Å²) in [6.45, 7) is 4.72. The van der Waals surface area contributed by atoms with Gasteiger partial charge in [0.1, 0.15) is 11.6 Å². The molecule has 210 valence electrons. The smallest absolute Gasteiger partial charge is 0.216 e. The molecule has 0 saturated carbocycles. The molecule has 0 atom stereocenters. The van der Waals surface area contributed by atoms with E-state index in [0.29, 0.717) is 31.0 Å². The van der Waals surface area contributed by atoms with Crippen LogP contribution in [0.4, 0.5) is 5.82 Å². The molecule has 0 saturated heterocycles. The number of ether oxygens (including phenoxy) is 3. The van der Waals surface area contributed by atoms with Crippen molar-refractivity contribution in [3.63, 3.8) is 0 Å². The van der Waals surface area contributed by atoms with Crippen LogP contribution in [-0.2, 0) is 17.6 Å². The molecule has 0 aliphatic carbocycles. The fraction of sp³-hybridized carbons (Fsp3) is 0.345. The summed E-state index contributed by atoms with van der Waals surface area (Å²) in [6, 6.07) is 12.0. The number of methoxy groups -OCH3 is 3. The van der Waals surface area contributed by atoms with E-state index in [0.717, 1.165) is 62.9 Å². The van der Waals surface area contributed by atoms with Gasteiger partial charge in [0.2, 0.25) is 5.91 Å². The minimum atomic E-state index is -0.0605. The molecule has 2 N–H and O–H groups in total. The quantitative estimate of drug-likeness (QED) is 0.220. The van der Waals surface area contributed by atoms with Crippen LogP contribution >= 0.6 is 24.8 Å². The third-order valence-electron chi connectivity index (χ3n) is 6.32. The number of benzene rings is 2. The molecule has 0 radical (unpaired) electrons. The van der Waals surface area contributed by atoms with E-state index in [1.807, 2.05) is 36.5 Å². The lowest BCUT2D eigenvalue weighted by atomic mass is 9.97. The third kappa shape index (κ3) is 7.34. The Morgan fingerprint density at radius 1 is 0.897 bits per heavy atom. The molecular weight excluding hydrogens is 539 g/mol. The predicted molar refractivity (Wildman–Crippen MR) is 162 cm³/mol. The number of nitrogens with one attached hydrogen (secondary N) is 2. The minimum Gasteiger partial charge on any atom is -0.497 e.